The molecule has 0 N–H and O–H groups in total. The second-order valence-electron chi connectivity index (χ2n) is 7.59. The number of nitrogens with zero attached hydrogens (tertiary/aromatic N) is 1. The zero-order valence-corrected chi connectivity index (χ0v) is 12.8. The van der Waals surface area contributed by atoms with E-state index in [4.69, 9.17) is 0 Å². The molecule has 2 aliphatic heterocycles. The van der Waals surface area contributed by atoms with Gasteiger partial charge in [0.2, 0.25) is 0 Å². The van der Waals surface area contributed by atoms with Gasteiger partial charge in [0.15, 0.2) is 0 Å². The van der Waals surface area contributed by atoms with Gasteiger partial charge in [-0.3, -0.25) is 0 Å². The highest BCUT2D eigenvalue weighted by molar-refractivity contribution is 5.30. The summed E-state index contributed by atoms with van der Waals surface area (Å²) in [6.07, 6.45) is 5.55. The van der Waals surface area contributed by atoms with Crippen molar-refractivity contribution in [1.82, 2.24) is 4.90 Å². The van der Waals surface area contributed by atoms with Crippen LogP contribution in [0, 0.1) is 0 Å². The van der Waals surface area contributed by atoms with Crippen molar-refractivity contribution in [3.8, 4) is 0 Å². The molecule has 0 aromatic heterocycles. The van der Waals surface area contributed by atoms with E-state index in [0.29, 0.717) is 0 Å². The first kappa shape index (κ1) is 13.2. The summed E-state index contributed by atoms with van der Waals surface area (Å²) < 4.78 is 0. The molecule has 0 aliphatic carbocycles. The Labute approximate surface area is 118 Å². The first-order chi connectivity index (χ1) is 8.95. The van der Waals surface area contributed by atoms with Gasteiger partial charge in [-0.05, 0) is 55.2 Å². The zero-order valence-electron chi connectivity index (χ0n) is 12.8. The first-order valence-electron chi connectivity index (χ1n) is 7.77. The van der Waals surface area contributed by atoms with Gasteiger partial charge in [-0.25, -0.2) is 0 Å². The van der Waals surface area contributed by atoms with Crippen molar-refractivity contribution in [2.24, 2.45) is 0 Å². The Bertz CT molecular complexity index is 426. The minimum Gasteiger partial charge on any atom is -0.300 e. The molecule has 1 unspecified atom stereocenters. The lowest BCUT2D eigenvalue weighted by Crippen LogP contribution is -2.39. The number of rotatable bonds is 1. The van der Waals surface area contributed by atoms with Gasteiger partial charge in [-0.2, -0.15) is 0 Å². The van der Waals surface area contributed by atoms with Crippen molar-refractivity contribution >= 4 is 0 Å². The molecule has 2 fully saturated rings. The molecule has 2 aliphatic rings. The molecule has 104 valence electrons. The van der Waals surface area contributed by atoms with Crippen LogP contribution in [-0.2, 0) is 5.41 Å². The molecule has 0 radical (unpaired) electrons. The molecule has 3 rings (SSSR count). The van der Waals surface area contributed by atoms with Crippen LogP contribution in [0.3, 0.4) is 0 Å². The van der Waals surface area contributed by atoms with Crippen LogP contribution in [-0.4, -0.2) is 24.0 Å². The number of fused-ring (bicyclic) bond motifs is 2. The van der Waals surface area contributed by atoms with Gasteiger partial charge in [0.1, 0.15) is 0 Å². The number of hydrogen-bond acceptors (Lipinski definition) is 1. The SMILES string of the molecule is CN1[C@@H]2CC[C@H]1CC(c1ccc(C(C)(C)C)cc1)C2. The molecule has 1 aromatic carbocycles. The van der Waals surface area contributed by atoms with Gasteiger partial charge in [0.25, 0.3) is 0 Å². The summed E-state index contributed by atoms with van der Waals surface area (Å²) in [6.45, 7) is 6.87. The largest absolute Gasteiger partial charge is 0.300 e. The molecule has 1 nitrogen and oxygen atoms in total. The van der Waals surface area contributed by atoms with Gasteiger partial charge in [-0.1, -0.05) is 45.0 Å². The minimum atomic E-state index is 0.268. The van der Waals surface area contributed by atoms with Crippen molar-refractivity contribution in [2.75, 3.05) is 7.05 Å². The Balaban J connectivity index is 1.77. The second-order valence-corrected chi connectivity index (χ2v) is 7.59. The molecular weight excluding hydrogens is 230 g/mol. The number of hydrogen-bond donors (Lipinski definition) is 0. The van der Waals surface area contributed by atoms with E-state index in [9.17, 15) is 0 Å². The Morgan fingerprint density at radius 3 is 1.95 bits per heavy atom. The van der Waals surface area contributed by atoms with Gasteiger partial charge in [0, 0.05) is 12.1 Å². The maximum Gasteiger partial charge on any atom is 0.0102 e. The van der Waals surface area contributed by atoms with E-state index in [1.54, 1.807) is 5.56 Å². The van der Waals surface area contributed by atoms with E-state index in [1.807, 2.05) is 0 Å². The van der Waals surface area contributed by atoms with Crippen LogP contribution < -0.4 is 0 Å². The van der Waals surface area contributed by atoms with Crippen molar-refractivity contribution in [3.63, 3.8) is 0 Å². The van der Waals surface area contributed by atoms with Crippen LogP contribution in [0.5, 0.6) is 0 Å². The number of benzene rings is 1. The summed E-state index contributed by atoms with van der Waals surface area (Å²) in [5, 5.41) is 0. The highest BCUT2D eigenvalue weighted by atomic mass is 15.2. The summed E-state index contributed by atoms with van der Waals surface area (Å²) in [6, 6.07) is 11.1. The molecular formula is C18H27N. The van der Waals surface area contributed by atoms with E-state index in [-0.39, 0.29) is 5.41 Å². The minimum absolute atomic E-state index is 0.268. The fraction of sp³-hybridized carbons (Fsp3) is 0.667. The van der Waals surface area contributed by atoms with Crippen LogP contribution in [0.2, 0.25) is 0 Å². The Kier molecular flexibility index (Phi) is 3.21. The molecule has 0 spiro atoms. The van der Waals surface area contributed by atoms with E-state index in [0.717, 1.165) is 18.0 Å². The molecule has 0 saturated carbocycles. The van der Waals surface area contributed by atoms with Crippen LogP contribution in [0.4, 0.5) is 0 Å². The van der Waals surface area contributed by atoms with Crippen LogP contribution >= 0.6 is 0 Å². The second kappa shape index (κ2) is 4.63. The summed E-state index contributed by atoms with van der Waals surface area (Å²) in [4.78, 5) is 2.63. The van der Waals surface area contributed by atoms with E-state index < -0.39 is 0 Å². The van der Waals surface area contributed by atoms with Gasteiger partial charge >= 0.3 is 0 Å². The lowest BCUT2D eigenvalue weighted by Gasteiger charge is -2.36. The van der Waals surface area contributed by atoms with Crippen LogP contribution in [0.25, 0.3) is 0 Å². The van der Waals surface area contributed by atoms with Crippen molar-refractivity contribution in [1.29, 1.82) is 0 Å². The Hall–Kier alpha value is -0.820. The lowest BCUT2D eigenvalue weighted by molar-refractivity contribution is 0.161. The average molecular weight is 257 g/mol. The molecule has 0 amide bonds. The van der Waals surface area contributed by atoms with Gasteiger partial charge < -0.3 is 4.90 Å². The maximum absolute atomic E-state index is 2.63. The monoisotopic (exact) mass is 257 g/mol. The third-order valence-electron chi connectivity index (χ3n) is 5.35. The molecule has 2 bridgehead atoms. The smallest absolute Gasteiger partial charge is 0.0102 e. The predicted molar refractivity (Wildman–Crippen MR) is 81.7 cm³/mol. The highest BCUT2D eigenvalue weighted by Gasteiger charge is 2.38. The normalized spacial score (nSPS) is 31.7. The Morgan fingerprint density at radius 1 is 0.947 bits per heavy atom. The van der Waals surface area contributed by atoms with Crippen molar-refractivity contribution in [3.05, 3.63) is 35.4 Å². The van der Waals surface area contributed by atoms with E-state index in [1.165, 1.54) is 31.2 Å². The van der Waals surface area contributed by atoms with E-state index >= 15 is 0 Å². The zero-order chi connectivity index (χ0) is 13.6. The number of piperidine rings is 1. The Morgan fingerprint density at radius 2 is 1.47 bits per heavy atom. The molecule has 2 saturated heterocycles. The molecule has 2 heterocycles. The first-order valence-corrected chi connectivity index (χ1v) is 7.77. The van der Waals surface area contributed by atoms with E-state index in [2.05, 4.69) is 57.0 Å². The van der Waals surface area contributed by atoms with Gasteiger partial charge in [0.05, 0.1) is 0 Å². The summed E-state index contributed by atoms with van der Waals surface area (Å²) in [5.74, 6) is 0.794. The topological polar surface area (TPSA) is 3.24 Å². The molecule has 3 atom stereocenters. The summed E-state index contributed by atoms with van der Waals surface area (Å²) >= 11 is 0. The molecule has 19 heavy (non-hydrogen) atoms. The van der Waals surface area contributed by atoms with Crippen molar-refractivity contribution in [2.45, 2.75) is 69.9 Å². The van der Waals surface area contributed by atoms with Crippen LogP contribution in [0.1, 0.15) is 63.5 Å². The standard InChI is InChI=1S/C18H27N/c1-18(2,3)15-7-5-13(6-8-15)14-11-16-9-10-17(12-14)19(16)4/h5-8,14,16-17H,9-12H2,1-4H3/t14?,16-,17+. The lowest BCUT2D eigenvalue weighted by atomic mass is 9.82. The van der Waals surface area contributed by atoms with Crippen LogP contribution in [0.15, 0.2) is 24.3 Å². The average Bonchev–Trinajstić information content (AvgIpc) is 2.61. The summed E-state index contributed by atoms with van der Waals surface area (Å²) in [5.41, 5.74) is 3.29. The predicted octanol–water partition coefficient (Wildman–Crippen LogP) is 4.32. The van der Waals surface area contributed by atoms with Crippen molar-refractivity contribution < 1.29 is 0 Å². The summed E-state index contributed by atoms with van der Waals surface area (Å²) in [7, 11) is 2.32. The quantitative estimate of drug-likeness (QED) is 0.724. The maximum atomic E-state index is 2.63. The molecule has 1 heteroatoms. The fourth-order valence-corrected chi connectivity index (χ4v) is 3.94. The fourth-order valence-electron chi connectivity index (χ4n) is 3.94. The highest BCUT2D eigenvalue weighted by Crippen LogP contribution is 2.42. The third-order valence-corrected chi connectivity index (χ3v) is 5.35. The molecule has 1 aromatic rings. The third kappa shape index (κ3) is 2.45. The van der Waals surface area contributed by atoms with Gasteiger partial charge in [-0.15, -0.1) is 0 Å².